The van der Waals surface area contributed by atoms with Crippen LogP contribution in [-0.4, -0.2) is 31.6 Å². The summed E-state index contributed by atoms with van der Waals surface area (Å²) in [5, 5.41) is 0. The van der Waals surface area contributed by atoms with Crippen molar-refractivity contribution in [3.8, 4) is 0 Å². The second-order valence-corrected chi connectivity index (χ2v) is 9.45. The molecule has 0 spiro atoms. The van der Waals surface area contributed by atoms with Gasteiger partial charge >= 0.3 is 5.97 Å². The van der Waals surface area contributed by atoms with Crippen molar-refractivity contribution >= 4 is 5.97 Å². The molecule has 1 aromatic rings. The van der Waals surface area contributed by atoms with Gasteiger partial charge in [-0.05, 0) is 106 Å². The van der Waals surface area contributed by atoms with Gasteiger partial charge in [-0.3, -0.25) is 0 Å². The number of methoxy groups -OCH3 is 1. The Balaban J connectivity index is 1.24. The lowest BCUT2D eigenvalue weighted by molar-refractivity contribution is -0.0588. The molecule has 1 aromatic carbocycles. The molecule has 4 saturated carbocycles. The fraction of sp³-hybridized carbons (Fsp3) is 0.696. The molecule has 0 aliphatic heterocycles. The van der Waals surface area contributed by atoms with Gasteiger partial charge in [0.2, 0.25) is 0 Å². The van der Waals surface area contributed by atoms with Crippen molar-refractivity contribution in [3.63, 3.8) is 0 Å². The second kappa shape index (κ2) is 7.34. The minimum atomic E-state index is -0.263. The van der Waals surface area contributed by atoms with Gasteiger partial charge in [0.15, 0.2) is 0 Å². The molecule has 0 N–H and O–H groups in total. The van der Waals surface area contributed by atoms with Gasteiger partial charge in [0.1, 0.15) is 0 Å². The van der Waals surface area contributed by atoms with Crippen molar-refractivity contribution in [2.24, 2.45) is 23.2 Å². The number of nitrogens with zero attached hydrogens (tertiary/aromatic N) is 1. The van der Waals surface area contributed by atoms with Crippen LogP contribution in [0.5, 0.6) is 0 Å². The highest BCUT2D eigenvalue weighted by Gasteiger charge is 2.50. The zero-order valence-corrected chi connectivity index (χ0v) is 16.4. The predicted molar refractivity (Wildman–Crippen MR) is 104 cm³/mol. The second-order valence-electron chi connectivity index (χ2n) is 9.45. The average molecular weight is 356 g/mol. The van der Waals surface area contributed by atoms with Crippen LogP contribution in [0.4, 0.5) is 0 Å². The minimum absolute atomic E-state index is 0.263. The molecule has 0 amide bonds. The smallest absolute Gasteiger partial charge is 0.337 e. The first kappa shape index (κ1) is 18.0. The van der Waals surface area contributed by atoms with Gasteiger partial charge in [-0.25, -0.2) is 4.79 Å². The average Bonchev–Trinajstić information content (AvgIpc) is 2.60. The summed E-state index contributed by atoms with van der Waals surface area (Å²) in [6.45, 7) is 2.11. The Morgan fingerprint density at radius 1 is 1.08 bits per heavy atom. The van der Waals surface area contributed by atoms with Crippen LogP contribution in [0.2, 0.25) is 0 Å². The van der Waals surface area contributed by atoms with Crippen LogP contribution in [0.15, 0.2) is 24.3 Å². The molecule has 3 nitrogen and oxygen atoms in total. The molecule has 0 radical (unpaired) electrons. The van der Waals surface area contributed by atoms with Crippen molar-refractivity contribution in [2.45, 2.75) is 57.9 Å². The Morgan fingerprint density at radius 3 is 2.19 bits per heavy atom. The zero-order chi connectivity index (χ0) is 18.1. The van der Waals surface area contributed by atoms with Gasteiger partial charge in [0.05, 0.1) is 12.7 Å². The van der Waals surface area contributed by atoms with Crippen LogP contribution in [0.1, 0.15) is 67.3 Å². The Labute approximate surface area is 158 Å². The van der Waals surface area contributed by atoms with Crippen molar-refractivity contribution in [1.29, 1.82) is 0 Å². The number of ether oxygens (including phenoxy) is 1. The van der Waals surface area contributed by atoms with E-state index in [0.29, 0.717) is 11.0 Å². The van der Waals surface area contributed by atoms with Crippen molar-refractivity contribution in [3.05, 3.63) is 35.4 Å². The summed E-state index contributed by atoms with van der Waals surface area (Å²) in [4.78, 5) is 13.9. The zero-order valence-electron chi connectivity index (χ0n) is 16.4. The third kappa shape index (κ3) is 3.83. The molecular weight excluding hydrogens is 322 g/mol. The van der Waals surface area contributed by atoms with E-state index in [4.69, 9.17) is 4.74 Å². The van der Waals surface area contributed by atoms with Gasteiger partial charge in [0.25, 0.3) is 0 Å². The van der Waals surface area contributed by atoms with Crippen LogP contribution < -0.4 is 0 Å². The Kier molecular flexibility index (Phi) is 5.09. The topological polar surface area (TPSA) is 29.5 Å². The predicted octanol–water partition coefficient (Wildman–Crippen LogP) is 4.90. The minimum Gasteiger partial charge on any atom is -0.465 e. The first-order chi connectivity index (χ1) is 12.5. The molecule has 4 aliphatic carbocycles. The van der Waals surface area contributed by atoms with Gasteiger partial charge < -0.3 is 9.64 Å². The third-order valence-corrected chi connectivity index (χ3v) is 7.24. The van der Waals surface area contributed by atoms with Gasteiger partial charge in [-0.2, -0.15) is 0 Å². The lowest BCUT2D eigenvalue weighted by Crippen LogP contribution is -2.46. The van der Waals surface area contributed by atoms with Gasteiger partial charge in [-0.1, -0.05) is 12.1 Å². The Morgan fingerprint density at radius 2 is 1.65 bits per heavy atom. The fourth-order valence-corrected chi connectivity index (χ4v) is 6.57. The molecule has 5 rings (SSSR count). The van der Waals surface area contributed by atoms with Crippen LogP contribution in [-0.2, 0) is 11.3 Å². The maximum Gasteiger partial charge on any atom is 0.337 e. The summed E-state index contributed by atoms with van der Waals surface area (Å²) in [7, 11) is 3.64. The maximum absolute atomic E-state index is 11.5. The largest absolute Gasteiger partial charge is 0.465 e. The number of hydrogen-bond donors (Lipinski definition) is 0. The van der Waals surface area contributed by atoms with E-state index in [-0.39, 0.29) is 5.97 Å². The molecular formula is C23H33NO2. The summed E-state index contributed by atoms with van der Waals surface area (Å²) in [5.41, 5.74) is 2.59. The standard InChI is InChI=1S/C23H33NO2/c1-24(16-17-4-6-21(7-5-17)22(25)26-2)9-3-8-23-13-18-10-19(14-23)12-20(11-18)15-23/h4-7,18-20H,3,8-16H2,1-2H3. The summed E-state index contributed by atoms with van der Waals surface area (Å²) in [6, 6.07) is 7.82. The fourth-order valence-electron chi connectivity index (χ4n) is 6.57. The maximum atomic E-state index is 11.5. The number of carbonyl (C=O) groups excluding carboxylic acids is 1. The first-order valence-electron chi connectivity index (χ1n) is 10.4. The Hall–Kier alpha value is -1.35. The van der Waals surface area contributed by atoms with E-state index in [2.05, 4.69) is 11.9 Å². The summed E-state index contributed by atoms with van der Waals surface area (Å²) >= 11 is 0. The van der Waals surface area contributed by atoms with Crippen molar-refractivity contribution in [1.82, 2.24) is 4.90 Å². The van der Waals surface area contributed by atoms with Gasteiger partial charge in [-0.15, -0.1) is 0 Å². The van der Waals surface area contributed by atoms with E-state index in [0.717, 1.165) is 24.3 Å². The number of rotatable bonds is 7. The highest BCUT2D eigenvalue weighted by atomic mass is 16.5. The van der Waals surface area contributed by atoms with E-state index in [1.807, 2.05) is 24.3 Å². The summed E-state index contributed by atoms with van der Waals surface area (Å²) < 4.78 is 4.76. The number of esters is 1. The van der Waals surface area contributed by atoms with E-state index in [1.165, 1.54) is 51.3 Å². The lowest BCUT2D eigenvalue weighted by atomic mass is 9.48. The summed E-state index contributed by atoms with van der Waals surface area (Å²) in [6.07, 6.45) is 12.0. The monoisotopic (exact) mass is 355 g/mol. The quantitative estimate of drug-likeness (QED) is 0.651. The SMILES string of the molecule is COC(=O)c1ccc(CN(C)CCCC23CC4CC(CC(C4)C2)C3)cc1. The molecule has 4 aliphatic rings. The first-order valence-corrected chi connectivity index (χ1v) is 10.4. The van der Waals surface area contributed by atoms with E-state index >= 15 is 0 Å². The van der Waals surface area contributed by atoms with Crippen LogP contribution >= 0.6 is 0 Å². The van der Waals surface area contributed by atoms with E-state index in [1.54, 1.807) is 19.3 Å². The third-order valence-electron chi connectivity index (χ3n) is 7.24. The molecule has 4 fully saturated rings. The highest BCUT2D eigenvalue weighted by molar-refractivity contribution is 5.89. The van der Waals surface area contributed by atoms with Crippen LogP contribution in [0.3, 0.4) is 0 Å². The highest BCUT2D eigenvalue weighted by Crippen LogP contribution is 2.61. The molecule has 4 bridgehead atoms. The molecule has 0 aromatic heterocycles. The van der Waals surface area contributed by atoms with Crippen molar-refractivity contribution in [2.75, 3.05) is 20.7 Å². The van der Waals surface area contributed by atoms with Crippen molar-refractivity contribution < 1.29 is 9.53 Å². The van der Waals surface area contributed by atoms with E-state index < -0.39 is 0 Å². The number of hydrogen-bond acceptors (Lipinski definition) is 3. The Bertz CT molecular complexity index is 601. The molecule has 0 atom stereocenters. The summed E-state index contributed by atoms with van der Waals surface area (Å²) in [5.74, 6) is 2.92. The number of benzene rings is 1. The molecule has 0 unspecified atom stereocenters. The van der Waals surface area contributed by atoms with Crippen LogP contribution in [0, 0.1) is 23.2 Å². The van der Waals surface area contributed by atoms with Crippen LogP contribution in [0.25, 0.3) is 0 Å². The molecule has 142 valence electrons. The number of carbonyl (C=O) groups is 1. The molecule has 0 saturated heterocycles. The normalized spacial score (nSPS) is 32.2. The van der Waals surface area contributed by atoms with Gasteiger partial charge in [0, 0.05) is 6.54 Å². The molecule has 0 heterocycles. The molecule has 26 heavy (non-hydrogen) atoms. The van der Waals surface area contributed by atoms with E-state index in [9.17, 15) is 4.79 Å². The molecule has 3 heteroatoms. The lowest BCUT2D eigenvalue weighted by Gasteiger charge is -2.57.